The molecule has 1 saturated heterocycles. The van der Waals surface area contributed by atoms with E-state index in [1.165, 1.54) is 10.9 Å². The lowest BCUT2D eigenvalue weighted by molar-refractivity contribution is 0.193. The third-order valence-electron chi connectivity index (χ3n) is 6.88. The van der Waals surface area contributed by atoms with Gasteiger partial charge < -0.3 is 20.1 Å². The largest absolute Gasteiger partial charge is 0.437 e. The van der Waals surface area contributed by atoms with Crippen molar-refractivity contribution in [2.45, 2.75) is 45.1 Å². The minimum atomic E-state index is 0.329. The number of unbranched alkanes of at least 4 members (excludes halogenated alkanes) is 1. The summed E-state index contributed by atoms with van der Waals surface area (Å²) in [5.74, 6) is 1.99. The topological polar surface area (TPSA) is 81.2 Å². The molecule has 2 aromatic carbocycles. The first-order valence-electron chi connectivity index (χ1n) is 13.2. The van der Waals surface area contributed by atoms with Crippen LogP contribution in [0.3, 0.4) is 0 Å². The van der Waals surface area contributed by atoms with E-state index in [4.69, 9.17) is 14.5 Å². The molecule has 2 N–H and O–H groups in total. The second-order valence-corrected chi connectivity index (χ2v) is 9.59. The summed E-state index contributed by atoms with van der Waals surface area (Å²) in [6, 6.07) is 16.9. The Morgan fingerprint density at radius 3 is 2.81 bits per heavy atom. The van der Waals surface area contributed by atoms with Crippen LogP contribution in [-0.2, 0) is 11.2 Å². The summed E-state index contributed by atoms with van der Waals surface area (Å²) >= 11 is 0. The van der Waals surface area contributed by atoms with Gasteiger partial charge in [-0.25, -0.2) is 15.0 Å². The van der Waals surface area contributed by atoms with E-state index >= 15 is 0 Å². The van der Waals surface area contributed by atoms with E-state index in [0.29, 0.717) is 17.9 Å². The maximum absolute atomic E-state index is 6.57. The van der Waals surface area contributed by atoms with Crippen LogP contribution in [0.5, 0.6) is 11.6 Å². The lowest BCUT2D eigenvalue weighted by Gasteiger charge is -2.23. The number of hydrogen-bond donors (Lipinski definition) is 2. The summed E-state index contributed by atoms with van der Waals surface area (Å²) in [5.41, 5.74) is 4.00. The highest BCUT2D eigenvalue weighted by atomic mass is 16.5. The van der Waals surface area contributed by atoms with Gasteiger partial charge in [-0.2, -0.15) is 0 Å². The SMILES string of the molecule is COCCCCc1cccc2c(Oc3ncccc3-c3ccnc(N[C@H]4CCCNC4)n3)c(C)ccc12. The molecule has 0 unspecified atom stereocenters. The van der Waals surface area contributed by atoms with Gasteiger partial charge in [0.25, 0.3) is 0 Å². The molecule has 1 fully saturated rings. The number of methoxy groups -OCH3 is 1. The second-order valence-electron chi connectivity index (χ2n) is 9.59. The van der Waals surface area contributed by atoms with Gasteiger partial charge in [-0.3, -0.25) is 0 Å². The fourth-order valence-electron chi connectivity index (χ4n) is 4.92. The summed E-state index contributed by atoms with van der Waals surface area (Å²) in [6.45, 7) is 4.86. The first-order chi connectivity index (χ1) is 18.2. The van der Waals surface area contributed by atoms with Crippen molar-refractivity contribution < 1.29 is 9.47 Å². The molecule has 192 valence electrons. The van der Waals surface area contributed by atoms with E-state index in [1.54, 1.807) is 19.5 Å². The van der Waals surface area contributed by atoms with Gasteiger partial charge in [0.15, 0.2) is 0 Å². The molecule has 37 heavy (non-hydrogen) atoms. The maximum atomic E-state index is 6.57. The second kappa shape index (κ2) is 12.1. The van der Waals surface area contributed by atoms with E-state index in [2.05, 4.69) is 57.9 Å². The van der Waals surface area contributed by atoms with Gasteiger partial charge in [-0.05, 0) is 80.3 Å². The molecule has 3 heterocycles. The maximum Gasteiger partial charge on any atom is 0.228 e. The van der Waals surface area contributed by atoms with Crippen molar-refractivity contribution in [2.24, 2.45) is 0 Å². The fraction of sp³-hybridized carbons (Fsp3) is 0.367. The van der Waals surface area contributed by atoms with E-state index in [0.717, 1.165) is 79.8 Å². The number of aromatic nitrogens is 3. The first kappa shape index (κ1) is 25.1. The molecule has 0 bridgehead atoms. The molecule has 2 aromatic heterocycles. The van der Waals surface area contributed by atoms with Crippen molar-refractivity contribution in [3.8, 4) is 22.9 Å². The Labute approximate surface area is 218 Å². The zero-order valence-electron chi connectivity index (χ0n) is 21.7. The molecular weight excluding hydrogens is 462 g/mol. The molecule has 4 aromatic rings. The molecule has 1 atom stereocenters. The predicted molar refractivity (Wildman–Crippen MR) is 148 cm³/mol. The van der Waals surface area contributed by atoms with Gasteiger partial charge in [0.05, 0.1) is 11.3 Å². The van der Waals surface area contributed by atoms with Crippen molar-refractivity contribution in [1.82, 2.24) is 20.3 Å². The van der Waals surface area contributed by atoms with E-state index in [9.17, 15) is 0 Å². The van der Waals surface area contributed by atoms with Gasteiger partial charge in [0.1, 0.15) is 5.75 Å². The lowest BCUT2D eigenvalue weighted by atomic mass is 9.98. The number of benzene rings is 2. The number of pyridine rings is 1. The molecule has 1 aliphatic rings. The Balaban J connectivity index is 1.44. The van der Waals surface area contributed by atoms with Crippen LogP contribution in [0.1, 0.15) is 36.8 Å². The van der Waals surface area contributed by atoms with Crippen molar-refractivity contribution in [1.29, 1.82) is 0 Å². The van der Waals surface area contributed by atoms with Crippen LogP contribution in [0.4, 0.5) is 5.95 Å². The monoisotopic (exact) mass is 497 g/mol. The molecule has 0 radical (unpaired) electrons. The highest BCUT2D eigenvalue weighted by molar-refractivity contribution is 5.92. The molecule has 7 nitrogen and oxygen atoms in total. The van der Waals surface area contributed by atoms with Crippen molar-refractivity contribution in [3.05, 3.63) is 72.1 Å². The molecular formula is C30H35N5O2. The van der Waals surface area contributed by atoms with Gasteiger partial charge >= 0.3 is 0 Å². The minimum Gasteiger partial charge on any atom is -0.437 e. The Kier molecular flexibility index (Phi) is 8.23. The van der Waals surface area contributed by atoms with Gasteiger partial charge in [-0.15, -0.1) is 0 Å². The quantitative estimate of drug-likeness (QED) is 0.263. The number of nitrogens with zero attached hydrogens (tertiary/aromatic N) is 3. The molecule has 5 rings (SSSR count). The summed E-state index contributed by atoms with van der Waals surface area (Å²) < 4.78 is 11.8. The summed E-state index contributed by atoms with van der Waals surface area (Å²) in [7, 11) is 1.75. The third-order valence-corrected chi connectivity index (χ3v) is 6.88. The zero-order chi connectivity index (χ0) is 25.5. The Morgan fingerprint density at radius 2 is 1.95 bits per heavy atom. The van der Waals surface area contributed by atoms with E-state index in [1.807, 2.05) is 18.2 Å². The van der Waals surface area contributed by atoms with Crippen molar-refractivity contribution in [3.63, 3.8) is 0 Å². The Morgan fingerprint density at radius 1 is 1.00 bits per heavy atom. The van der Waals surface area contributed by atoms with Crippen LogP contribution in [-0.4, -0.2) is 47.8 Å². The van der Waals surface area contributed by atoms with E-state index < -0.39 is 0 Å². The lowest BCUT2D eigenvalue weighted by Crippen LogP contribution is -2.38. The zero-order valence-corrected chi connectivity index (χ0v) is 21.7. The smallest absolute Gasteiger partial charge is 0.228 e. The number of hydrogen-bond acceptors (Lipinski definition) is 7. The van der Waals surface area contributed by atoms with Crippen molar-refractivity contribution in [2.75, 3.05) is 32.1 Å². The molecule has 1 aliphatic heterocycles. The van der Waals surface area contributed by atoms with Gasteiger partial charge in [-0.1, -0.05) is 30.3 Å². The fourth-order valence-corrected chi connectivity index (χ4v) is 4.92. The average molecular weight is 498 g/mol. The number of nitrogens with one attached hydrogen (secondary N) is 2. The van der Waals surface area contributed by atoms with Crippen LogP contribution in [0, 0.1) is 6.92 Å². The van der Waals surface area contributed by atoms with Crippen LogP contribution in [0.15, 0.2) is 60.9 Å². The minimum absolute atomic E-state index is 0.329. The molecule has 0 aliphatic carbocycles. The summed E-state index contributed by atoms with van der Waals surface area (Å²) in [5, 5.41) is 9.20. The number of ether oxygens (including phenoxy) is 2. The first-order valence-corrected chi connectivity index (χ1v) is 13.2. The average Bonchev–Trinajstić information content (AvgIpc) is 2.94. The Bertz CT molecular complexity index is 1340. The normalized spacial score (nSPS) is 15.6. The third kappa shape index (κ3) is 6.06. The molecule has 0 amide bonds. The summed E-state index contributed by atoms with van der Waals surface area (Å²) in [4.78, 5) is 13.9. The number of aryl methyl sites for hydroxylation is 2. The van der Waals surface area contributed by atoms with Crippen molar-refractivity contribution >= 4 is 16.7 Å². The number of fused-ring (bicyclic) bond motifs is 1. The van der Waals surface area contributed by atoms with E-state index in [-0.39, 0.29) is 0 Å². The number of piperidine rings is 1. The molecule has 7 heteroatoms. The number of anilines is 1. The predicted octanol–water partition coefficient (Wildman–Crippen LogP) is 5.93. The standard InChI is InChI=1S/C30H35N5O2/c1-21-13-14-24-22(8-3-4-19-36-2)9-5-11-25(24)28(21)37-29-26(12-7-17-32-29)27-15-18-33-30(35-27)34-23-10-6-16-31-20-23/h5,7,9,11-15,17-18,23,31H,3-4,6,8,10,16,19-20H2,1-2H3,(H,33,34,35)/t23-/m0/s1. The molecule has 0 saturated carbocycles. The van der Waals surface area contributed by atoms with Crippen LogP contribution in [0.25, 0.3) is 22.0 Å². The summed E-state index contributed by atoms with van der Waals surface area (Å²) in [6.07, 6.45) is 8.94. The van der Waals surface area contributed by atoms with Crippen LogP contribution in [0.2, 0.25) is 0 Å². The van der Waals surface area contributed by atoms with Gasteiger partial charge in [0, 0.05) is 44.1 Å². The highest BCUT2D eigenvalue weighted by Gasteiger charge is 2.17. The van der Waals surface area contributed by atoms with Gasteiger partial charge in [0.2, 0.25) is 11.8 Å². The highest BCUT2D eigenvalue weighted by Crippen LogP contribution is 2.37. The number of rotatable bonds is 10. The van der Waals surface area contributed by atoms with Crippen LogP contribution >= 0.6 is 0 Å². The van der Waals surface area contributed by atoms with Crippen LogP contribution < -0.4 is 15.4 Å². The Hall–Kier alpha value is -3.55. The molecule has 0 spiro atoms.